The summed E-state index contributed by atoms with van der Waals surface area (Å²) in [5, 5.41) is 10.8. The molecule has 0 radical (unpaired) electrons. The molecule has 0 saturated heterocycles. The molecule has 2 aromatic rings. The van der Waals surface area contributed by atoms with Gasteiger partial charge >= 0.3 is 0 Å². The highest BCUT2D eigenvalue weighted by Crippen LogP contribution is 2.26. The Morgan fingerprint density at radius 3 is 2.95 bits per heavy atom. The van der Waals surface area contributed by atoms with Crippen LogP contribution in [0.4, 0.5) is 0 Å². The number of nitrogens with zero attached hydrogens (tertiary/aromatic N) is 1. The molecular weight excluding hydrogens is 274 g/mol. The van der Waals surface area contributed by atoms with Crippen LogP contribution < -0.4 is 0 Å². The number of aliphatic hydroxyl groups excluding tert-OH is 1. The maximum absolute atomic E-state index is 8.75. The van der Waals surface area contributed by atoms with E-state index in [9.17, 15) is 0 Å². The normalized spacial score (nSPS) is 10.0. The Kier molecular flexibility index (Phi) is 5.46. The third-order valence-electron chi connectivity index (χ3n) is 2.43. The molecule has 0 aliphatic carbocycles. The lowest BCUT2D eigenvalue weighted by molar-refractivity contribution is 0.305. The second-order valence-corrected chi connectivity index (χ2v) is 6.06. The molecule has 1 aromatic carbocycles. The Morgan fingerprint density at radius 1 is 1.37 bits per heavy atom. The summed E-state index contributed by atoms with van der Waals surface area (Å²) >= 11 is 3.42. The molecule has 1 N–H and O–H groups in total. The molecule has 4 heteroatoms. The van der Waals surface area contributed by atoms with Gasteiger partial charge in [-0.1, -0.05) is 41.8 Å². The van der Waals surface area contributed by atoms with Gasteiger partial charge in [0.15, 0.2) is 0 Å². The summed E-state index contributed by atoms with van der Waals surface area (Å²) in [6.45, 7) is 2.12. The Balaban J connectivity index is 2.06. The van der Waals surface area contributed by atoms with E-state index in [0.717, 1.165) is 21.3 Å². The first-order valence-electron chi connectivity index (χ1n) is 6.02. The van der Waals surface area contributed by atoms with Gasteiger partial charge in [0.25, 0.3) is 0 Å². The summed E-state index contributed by atoms with van der Waals surface area (Å²) in [6, 6.07) is 8.13. The van der Waals surface area contributed by atoms with Crippen LogP contribution in [0.15, 0.2) is 34.0 Å². The van der Waals surface area contributed by atoms with Crippen LogP contribution in [-0.4, -0.2) is 16.7 Å². The van der Waals surface area contributed by atoms with E-state index in [2.05, 4.69) is 28.3 Å². The van der Waals surface area contributed by atoms with E-state index >= 15 is 0 Å². The van der Waals surface area contributed by atoms with Crippen LogP contribution in [0, 0.1) is 18.8 Å². The number of rotatable bonds is 4. The molecule has 0 fully saturated rings. The predicted molar refractivity (Wildman–Crippen MR) is 81.4 cm³/mol. The van der Waals surface area contributed by atoms with Crippen LogP contribution in [0.5, 0.6) is 0 Å². The summed E-state index contributed by atoms with van der Waals surface area (Å²) in [6.07, 6.45) is 0.521. The maximum Gasteiger partial charge on any atom is 0.150 e. The molecule has 98 valence electrons. The number of aliphatic hydroxyl groups is 1. The largest absolute Gasteiger partial charge is 0.395 e. The molecule has 2 nitrogen and oxygen atoms in total. The van der Waals surface area contributed by atoms with E-state index in [1.807, 2.05) is 25.1 Å². The zero-order valence-electron chi connectivity index (χ0n) is 10.7. The molecule has 0 spiro atoms. The number of aryl methyl sites for hydroxylation is 1. The smallest absolute Gasteiger partial charge is 0.150 e. The fraction of sp³-hybridized carbons (Fsp3) is 0.267. The van der Waals surface area contributed by atoms with E-state index in [0.29, 0.717) is 6.42 Å². The van der Waals surface area contributed by atoms with Gasteiger partial charge < -0.3 is 5.11 Å². The fourth-order valence-electron chi connectivity index (χ4n) is 1.52. The molecule has 1 heterocycles. The van der Waals surface area contributed by atoms with Crippen molar-refractivity contribution in [1.82, 2.24) is 4.98 Å². The summed E-state index contributed by atoms with van der Waals surface area (Å²) in [5.41, 5.74) is 3.33. The van der Waals surface area contributed by atoms with Gasteiger partial charge in [-0.25, -0.2) is 4.98 Å². The molecule has 1 aromatic heterocycles. The van der Waals surface area contributed by atoms with Gasteiger partial charge in [0.2, 0.25) is 0 Å². The summed E-state index contributed by atoms with van der Waals surface area (Å²) in [7, 11) is 0. The second-order valence-electron chi connectivity index (χ2n) is 3.98. The molecule has 2 rings (SSSR count). The molecular formula is C15H15NOS2. The van der Waals surface area contributed by atoms with Gasteiger partial charge in [-0.2, -0.15) is 0 Å². The number of hydrogen-bond acceptors (Lipinski definition) is 4. The van der Waals surface area contributed by atoms with Crippen LogP contribution in [0.25, 0.3) is 0 Å². The lowest BCUT2D eigenvalue weighted by Gasteiger charge is -2.02. The van der Waals surface area contributed by atoms with Gasteiger partial charge in [-0.3, -0.25) is 0 Å². The molecule has 0 aliphatic rings. The van der Waals surface area contributed by atoms with E-state index in [-0.39, 0.29) is 6.61 Å². The van der Waals surface area contributed by atoms with Crippen LogP contribution in [-0.2, 0) is 5.75 Å². The number of aromatic nitrogens is 1. The van der Waals surface area contributed by atoms with Gasteiger partial charge in [0.1, 0.15) is 4.34 Å². The van der Waals surface area contributed by atoms with Gasteiger partial charge in [-0.05, 0) is 18.6 Å². The topological polar surface area (TPSA) is 33.1 Å². The first kappa shape index (κ1) is 14.1. The lowest BCUT2D eigenvalue weighted by atomic mass is 10.1. The first-order valence-corrected chi connectivity index (χ1v) is 7.88. The van der Waals surface area contributed by atoms with Gasteiger partial charge in [-0.15, -0.1) is 11.3 Å². The molecule has 0 bridgehead atoms. The lowest BCUT2D eigenvalue weighted by Crippen LogP contribution is -1.87. The maximum atomic E-state index is 8.75. The zero-order valence-corrected chi connectivity index (χ0v) is 12.4. The highest BCUT2D eigenvalue weighted by atomic mass is 32.2. The molecule has 0 atom stereocenters. The number of thioether (sulfide) groups is 1. The van der Waals surface area contributed by atoms with Gasteiger partial charge in [0.05, 0.1) is 6.61 Å². The van der Waals surface area contributed by atoms with Crippen molar-refractivity contribution >= 4 is 23.1 Å². The van der Waals surface area contributed by atoms with Gasteiger partial charge in [0, 0.05) is 28.8 Å². The van der Waals surface area contributed by atoms with Crippen molar-refractivity contribution in [3.8, 4) is 11.8 Å². The van der Waals surface area contributed by atoms with Crippen molar-refractivity contribution in [1.29, 1.82) is 0 Å². The van der Waals surface area contributed by atoms with E-state index in [1.165, 1.54) is 5.56 Å². The molecule has 19 heavy (non-hydrogen) atoms. The monoisotopic (exact) mass is 289 g/mol. The molecule has 0 unspecified atom stereocenters. The van der Waals surface area contributed by atoms with E-state index in [4.69, 9.17) is 5.11 Å². The third kappa shape index (κ3) is 4.39. The molecule has 0 saturated carbocycles. The summed E-state index contributed by atoms with van der Waals surface area (Å²) in [4.78, 5) is 4.44. The number of thiazole rings is 1. The fourth-order valence-corrected chi connectivity index (χ4v) is 3.37. The zero-order chi connectivity index (χ0) is 13.5. The predicted octanol–water partition coefficient (Wildman–Crippen LogP) is 3.48. The molecule has 0 aliphatic heterocycles. The first-order chi connectivity index (χ1) is 9.29. The standard InChI is InChI=1S/C15H15NOS2/c1-12-10-18-15(16-12)19-11-14-8-3-2-6-13(14)7-4-5-9-17/h2-3,6,8,10,17H,5,9,11H2,1H3. The van der Waals surface area contributed by atoms with Crippen LogP contribution in [0.3, 0.4) is 0 Å². The average molecular weight is 289 g/mol. The highest BCUT2D eigenvalue weighted by Gasteiger charge is 2.03. The summed E-state index contributed by atoms with van der Waals surface area (Å²) in [5.74, 6) is 6.96. The van der Waals surface area contributed by atoms with Crippen molar-refractivity contribution in [2.24, 2.45) is 0 Å². The number of hydrogen-bond donors (Lipinski definition) is 1. The molecule has 0 amide bonds. The van der Waals surface area contributed by atoms with Crippen molar-refractivity contribution in [3.63, 3.8) is 0 Å². The SMILES string of the molecule is Cc1csc(SCc2ccccc2C#CCCO)n1. The minimum Gasteiger partial charge on any atom is -0.395 e. The van der Waals surface area contributed by atoms with Crippen LogP contribution in [0.2, 0.25) is 0 Å². The van der Waals surface area contributed by atoms with E-state index < -0.39 is 0 Å². The Hall–Kier alpha value is -1.28. The quantitative estimate of drug-likeness (QED) is 0.691. The minimum atomic E-state index is 0.113. The van der Waals surface area contributed by atoms with Crippen molar-refractivity contribution in [2.75, 3.05) is 6.61 Å². The Labute approximate surface area is 121 Å². The van der Waals surface area contributed by atoms with E-state index in [1.54, 1.807) is 23.1 Å². The number of benzene rings is 1. The van der Waals surface area contributed by atoms with Crippen LogP contribution in [0.1, 0.15) is 23.2 Å². The van der Waals surface area contributed by atoms with Crippen LogP contribution >= 0.6 is 23.1 Å². The third-order valence-corrected chi connectivity index (χ3v) is 4.61. The minimum absolute atomic E-state index is 0.113. The Morgan fingerprint density at radius 2 is 2.21 bits per heavy atom. The summed E-state index contributed by atoms with van der Waals surface area (Å²) < 4.78 is 1.09. The van der Waals surface area contributed by atoms with Crippen molar-refractivity contribution in [3.05, 3.63) is 46.5 Å². The average Bonchev–Trinajstić information content (AvgIpc) is 2.84. The Bertz CT molecular complexity index is 595. The highest BCUT2D eigenvalue weighted by molar-refractivity contribution is 8.00. The van der Waals surface area contributed by atoms with Crippen molar-refractivity contribution < 1.29 is 5.11 Å². The van der Waals surface area contributed by atoms with Crippen molar-refractivity contribution in [2.45, 2.75) is 23.4 Å². The second kappa shape index (κ2) is 7.34.